The van der Waals surface area contributed by atoms with Crippen LogP contribution in [0.3, 0.4) is 0 Å². The maximum absolute atomic E-state index is 2.58. The summed E-state index contributed by atoms with van der Waals surface area (Å²) in [5, 5.41) is 0.538. The van der Waals surface area contributed by atoms with Crippen LogP contribution in [0, 0.1) is 10.8 Å². The van der Waals surface area contributed by atoms with E-state index in [0.717, 1.165) is 0 Å². The van der Waals surface area contributed by atoms with E-state index >= 15 is 0 Å². The zero-order chi connectivity index (χ0) is 10.1. The summed E-state index contributed by atoms with van der Waals surface area (Å²) in [6.45, 7) is 14.7. The van der Waals surface area contributed by atoms with Gasteiger partial charge in [0.25, 0.3) is 0 Å². The predicted octanol–water partition coefficient (Wildman–Crippen LogP) is 4.21. The Morgan fingerprint density at radius 1 is 1.15 bits per heavy atom. The number of allylic oxidation sites excluding steroid dienone is 1. The van der Waals surface area contributed by atoms with Gasteiger partial charge in [-0.05, 0) is 29.1 Å². The lowest BCUT2D eigenvalue weighted by molar-refractivity contribution is 0.132. The Bertz CT molecular complexity index is 285. The van der Waals surface area contributed by atoms with E-state index < -0.39 is 0 Å². The van der Waals surface area contributed by atoms with Gasteiger partial charge in [-0.25, -0.2) is 0 Å². The van der Waals surface area contributed by atoms with Gasteiger partial charge in [-0.2, -0.15) is 0 Å². The fourth-order valence-corrected chi connectivity index (χ4v) is 6.82. The Balaban J connectivity index is 2.58. The molecule has 0 amide bonds. The summed E-state index contributed by atoms with van der Waals surface area (Å²) >= 11 is 0. The van der Waals surface area contributed by atoms with E-state index in [1.807, 2.05) is 0 Å². The Morgan fingerprint density at radius 3 is 2.00 bits per heavy atom. The first-order valence-corrected chi connectivity index (χ1v) is 6.79. The van der Waals surface area contributed by atoms with Gasteiger partial charge in [-0.1, -0.05) is 53.9 Å². The molecule has 2 atom stereocenters. The highest BCUT2D eigenvalue weighted by molar-refractivity contribution is 7.63. The van der Waals surface area contributed by atoms with Crippen LogP contribution in [0.5, 0.6) is 0 Å². The van der Waals surface area contributed by atoms with Crippen LogP contribution >= 0.6 is 7.92 Å². The van der Waals surface area contributed by atoms with Crippen LogP contribution in [0.15, 0.2) is 11.4 Å². The summed E-state index contributed by atoms with van der Waals surface area (Å²) < 4.78 is 0. The standard InChI is InChI=1S/C12H21P/c1-9-7-13-8-12(9,6)10(2,3)11(13,4)5/h7H,8H2,1-6H3/t12-,13?/m1/s1. The molecule has 2 bridgehead atoms. The number of fused-ring (bicyclic) bond motifs is 2. The molecule has 2 aliphatic heterocycles. The molecule has 0 aromatic heterocycles. The summed E-state index contributed by atoms with van der Waals surface area (Å²) in [6, 6.07) is 0. The predicted molar refractivity (Wildman–Crippen MR) is 61.5 cm³/mol. The van der Waals surface area contributed by atoms with Gasteiger partial charge in [0.1, 0.15) is 0 Å². The van der Waals surface area contributed by atoms with E-state index in [1.54, 1.807) is 5.57 Å². The quantitative estimate of drug-likeness (QED) is 0.509. The van der Waals surface area contributed by atoms with Crippen molar-refractivity contribution < 1.29 is 0 Å². The van der Waals surface area contributed by atoms with Crippen molar-refractivity contribution >= 4 is 7.92 Å². The van der Waals surface area contributed by atoms with Crippen molar-refractivity contribution in [2.45, 2.75) is 46.7 Å². The maximum Gasteiger partial charge on any atom is -0.00138 e. The number of hydrogen-bond acceptors (Lipinski definition) is 0. The van der Waals surface area contributed by atoms with Gasteiger partial charge in [0.05, 0.1) is 0 Å². The maximum atomic E-state index is 2.58. The molecule has 1 fully saturated rings. The number of hydrogen-bond donors (Lipinski definition) is 0. The molecule has 0 aromatic rings. The first kappa shape index (κ1) is 9.71. The van der Waals surface area contributed by atoms with E-state index in [1.165, 1.54) is 6.16 Å². The topological polar surface area (TPSA) is 0 Å². The summed E-state index contributed by atoms with van der Waals surface area (Å²) in [4.78, 5) is 0. The fourth-order valence-electron chi connectivity index (χ4n) is 2.97. The largest absolute Gasteiger partial charge is 0.0760 e. The second-order valence-electron chi connectivity index (χ2n) is 5.96. The van der Waals surface area contributed by atoms with Crippen LogP contribution in [0.1, 0.15) is 41.5 Å². The molecular formula is C12H21P. The molecule has 1 unspecified atom stereocenters. The molecule has 0 aliphatic carbocycles. The minimum Gasteiger partial charge on any atom is -0.0760 e. The highest BCUT2D eigenvalue weighted by Crippen LogP contribution is 2.79. The van der Waals surface area contributed by atoms with Crippen LogP contribution in [-0.2, 0) is 0 Å². The molecule has 0 spiro atoms. The summed E-state index contributed by atoms with van der Waals surface area (Å²) in [5.41, 5.74) is 2.62. The summed E-state index contributed by atoms with van der Waals surface area (Å²) in [6.07, 6.45) is 1.44. The van der Waals surface area contributed by atoms with Crippen LogP contribution in [0.25, 0.3) is 0 Å². The molecule has 0 aromatic carbocycles. The van der Waals surface area contributed by atoms with Crippen LogP contribution in [-0.4, -0.2) is 11.3 Å². The van der Waals surface area contributed by atoms with Gasteiger partial charge >= 0.3 is 0 Å². The molecule has 2 heterocycles. The zero-order valence-electron chi connectivity index (χ0n) is 9.73. The van der Waals surface area contributed by atoms with Gasteiger partial charge in [0, 0.05) is 0 Å². The van der Waals surface area contributed by atoms with Crippen LogP contribution in [0.2, 0.25) is 0 Å². The average molecular weight is 196 g/mol. The smallest absolute Gasteiger partial charge is 0.00138 e. The van der Waals surface area contributed by atoms with Crippen molar-refractivity contribution in [2.75, 3.05) is 6.16 Å². The molecular weight excluding hydrogens is 175 g/mol. The minimum atomic E-state index is 0.150. The molecule has 0 saturated carbocycles. The second kappa shape index (κ2) is 2.22. The Labute approximate surface area is 83.6 Å². The van der Waals surface area contributed by atoms with Crippen molar-refractivity contribution in [3.05, 3.63) is 11.4 Å². The van der Waals surface area contributed by atoms with E-state index in [9.17, 15) is 0 Å². The Hall–Kier alpha value is 0.170. The molecule has 0 nitrogen and oxygen atoms in total. The summed E-state index contributed by atoms with van der Waals surface area (Å²) in [5.74, 6) is 2.58. The highest BCUT2D eigenvalue weighted by atomic mass is 31.1. The van der Waals surface area contributed by atoms with Gasteiger partial charge < -0.3 is 0 Å². The monoisotopic (exact) mass is 196 g/mol. The van der Waals surface area contributed by atoms with E-state index in [4.69, 9.17) is 0 Å². The Morgan fingerprint density at radius 2 is 1.69 bits per heavy atom. The van der Waals surface area contributed by atoms with Crippen LogP contribution in [0.4, 0.5) is 0 Å². The third kappa shape index (κ3) is 0.820. The first-order chi connectivity index (χ1) is 5.73. The zero-order valence-corrected chi connectivity index (χ0v) is 10.6. The van der Waals surface area contributed by atoms with E-state index in [0.29, 0.717) is 16.0 Å². The van der Waals surface area contributed by atoms with Gasteiger partial charge in [0.15, 0.2) is 0 Å². The van der Waals surface area contributed by atoms with Gasteiger partial charge in [-0.3, -0.25) is 0 Å². The minimum absolute atomic E-state index is 0.150. The molecule has 1 saturated heterocycles. The second-order valence-corrected chi connectivity index (χ2v) is 8.59. The fraction of sp³-hybridized carbons (Fsp3) is 0.833. The van der Waals surface area contributed by atoms with Crippen LogP contribution < -0.4 is 0 Å². The third-order valence-electron chi connectivity index (χ3n) is 5.33. The van der Waals surface area contributed by atoms with Crippen molar-refractivity contribution in [3.63, 3.8) is 0 Å². The SMILES string of the molecule is CC1=CP2C[C@@]1(C)C(C)(C)C2(C)C. The summed E-state index contributed by atoms with van der Waals surface area (Å²) in [7, 11) is 0.150. The van der Waals surface area contributed by atoms with Gasteiger partial charge in [-0.15, -0.1) is 0 Å². The lowest BCUT2D eigenvalue weighted by atomic mass is 9.59. The van der Waals surface area contributed by atoms with Crippen molar-refractivity contribution in [3.8, 4) is 0 Å². The third-order valence-corrected chi connectivity index (χ3v) is 9.00. The van der Waals surface area contributed by atoms with E-state index in [-0.39, 0.29) is 7.92 Å². The molecule has 2 aliphatic rings. The molecule has 0 radical (unpaired) electrons. The molecule has 13 heavy (non-hydrogen) atoms. The molecule has 1 heteroatoms. The van der Waals surface area contributed by atoms with Gasteiger partial charge in [0.2, 0.25) is 0 Å². The molecule has 74 valence electrons. The Kier molecular flexibility index (Phi) is 1.66. The molecule has 2 rings (SSSR count). The van der Waals surface area contributed by atoms with Crippen molar-refractivity contribution in [1.82, 2.24) is 0 Å². The molecule has 0 N–H and O–H groups in total. The first-order valence-electron chi connectivity index (χ1n) is 5.19. The lowest BCUT2D eigenvalue weighted by Gasteiger charge is -2.49. The van der Waals surface area contributed by atoms with Crippen molar-refractivity contribution in [1.29, 1.82) is 0 Å². The van der Waals surface area contributed by atoms with Crippen molar-refractivity contribution in [2.24, 2.45) is 10.8 Å². The average Bonchev–Trinajstić information content (AvgIpc) is 2.34. The highest BCUT2D eigenvalue weighted by Gasteiger charge is 2.63. The lowest BCUT2D eigenvalue weighted by Crippen LogP contribution is -2.44. The number of rotatable bonds is 0. The normalized spacial score (nSPS) is 45.1. The van der Waals surface area contributed by atoms with E-state index in [2.05, 4.69) is 47.4 Å².